The highest BCUT2D eigenvalue weighted by molar-refractivity contribution is 5.77. The Morgan fingerprint density at radius 2 is 2.30 bits per heavy atom. The van der Waals surface area contributed by atoms with Crippen molar-refractivity contribution >= 4 is 5.91 Å². The van der Waals surface area contributed by atoms with Gasteiger partial charge in [-0.15, -0.1) is 0 Å². The molecule has 1 atom stereocenters. The molecule has 0 aromatic heterocycles. The largest absolute Gasteiger partial charge is 0.488 e. The summed E-state index contributed by atoms with van der Waals surface area (Å²) in [6, 6.07) is 8.06. The fraction of sp³-hybridized carbons (Fsp3) is 0.533. The van der Waals surface area contributed by atoms with Crippen LogP contribution in [0.4, 0.5) is 0 Å². The van der Waals surface area contributed by atoms with Crippen molar-refractivity contribution in [1.29, 1.82) is 0 Å². The molecule has 1 aliphatic heterocycles. The predicted octanol–water partition coefficient (Wildman–Crippen LogP) is 0.732. The number of nitrogens with one attached hydrogen (secondary N) is 2. The number of hydrogen-bond acceptors (Lipinski definition) is 4. The lowest BCUT2D eigenvalue weighted by molar-refractivity contribution is -0.120. The topological polar surface area (TPSA) is 59.6 Å². The van der Waals surface area contributed by atoms with Crippen molar-refractivity contribution in [2.45, 2.75) is 18.9 Å². The highest BCUT2D eigenvalue weighted by atomic mass is 16.5. The predicted molar refractivity (Wildman–Crippen MR) is 76.9 cm³/mol. The van der Waals surface area contributed by atoms with E-state index in [1.807, 2.05) is 18.2 Å². The van der Waals surface area contributed by atoms with Crippen LogP contribution in [0.1, 0.15) is 12.0 Å². The van der Waals surface area contributed by atoms with Crippen LogP contribution in [-0.4, -0.2) is 45.4 Å². The van der Waals surface area contributed by atoms with Crippen LogP contribution in [-0.2, 0) is 16.0 Å². The molecule has 0 radical (unpaired) electrons. The summed E-state index contributed by atoms with van der Waals surface area (Å²) < 4.78 is 10.7. The van der Waals surface area contributed by atoms with Crippen LogP contribution in [0.3, 0.4) is 0 Å². The number of carbonyl (C=O) groups excluding carboxylic acids is 1. The molecular formula is C15H22N2O3. The van der Waals surface area contributed by atoms with Crippen molar-refractivity contribution in [3.05, 3.63) is 29.8 Å². The van der Waals surface area contributed by atoms with Gasteiger partial charge in [0.05, 0.1) is 6.54 Å². The third-order valence-corrected chi connectivity index (χ3v) is 3.22. The van der Waals surface area contributed by atoms with E-state index in [0.29, 0.717) is 26.2 Å². The molecular weight excluding hydrogens is 256 g/mol. The minimum absolute atomic E-state index is 0.0108. The van der Waals surface area contributed by atoms with Crippen LogP contribution in [0.5, 0.6) is 5.75 Å². The molecule has 0 fully saturated rings. The Labute approximate surface area is 119 Å². The fourth-order valence-electron chi connectivity index (χ4n) is 2.22. The van der Waals surface area contributed by atoms with E-state index in [-0.39, 0.29) is 12.0 Å². The van der Waals surface area contributed by atoms with Gasteiger partial charge in [-0.3, -0.25) is 4.79 Å². The zero-order chi connectivity index (χ0) is 14.2. The van der Waals surface area contributed by atoms with Crippen molar-refractivity contribution in [3.63, 3.8) is 0 Å². The molecule has 20 heavy (non-hydrogen) atoms. The lowest BCUT2D eigenvalue weighted by Crippen LogP contribution is -2.38. The van der Waals surface area contributed by atoms with Crippen LogP contribution in [0.25, 0.3) is 0 Å². The molecule has 1 heterocycles. The van der Waals surface area contributed by atoms with E-state index >= 15 is 0 Å². The second kappa shape index (κ2) is 7.87. The summed E-state index contributed by atoms with van der Waals surface area (Å²) in [5, 5.41) is 5.97. The van der Waals surface area contributed by atoms with E-state index in [0.717, 1.165) is 18.6 Å². The molecule has 0 saturated heterocycles. The number of hydrogen-bond donors (Lipinski definition) is 2. The standard InChI is InChI=1S/C15H22N2O3/c1-19-8-4-7-17-15(18)11-16-10-13-9-12-5-2-3-6-14(12)20-13/h2-3,5-6,13,16H,4,7-11H2,1H3,(H,17,18). The van der Waals surface area contributed by atoms with Gasteiger partial charge in [0.25, 0.3) is 0 Å². The van der Waals surface area contributed by atoms with E-state index in [4.69, 9.17) is 9.47 Å². The van der Waals surface area contributed by atoms with Crippen LogP contribution >= 0.6 is 0 Å². The molecule has 110 valence electrons. The summed E-state index contributed by atoms with van der Waals surface area (Å²) >= 11 is 0. The summed E-state index contributed by atoms with van der Waals surface area (Å²) in [5.41, 5.74) is 1.24. The first-order chi connectivity index (χ1) is 9.79. The van der Waals surface area contributed by atoms with Gasteiger partial charge >= 0.3 is 0 Å². The number of fused-ring (bicyclic) bond motifs is 1. The molecule has 1 aromatic carbocycles. The molecule has 0 bridgehead atoms. The lowest BCUT2D eigenvalue weighted by atomic mass is 10.1. The van der Waals surface area contributed by atoms with E-state index in [1.54, 1.807) is 7.11 Å². The van der Waals surface area contributed by atoms with Gasteiger partial charge in [0.2, 0.25) is 5.91 Å². The minimum atomic E-state index is 0.0108. The van der Waals surface area contributed by atoms with Gasteiger partial charge in [0, 0.05) is 33.2 Å². The van der Waals surface area contributed by atoms with Crippen molar-refractivity contribution < 1.29 is 14.3 Å². The first-order valence-electron chi connectivity index (χ1n) is 7.00. The Hall–Kier alpha value is -1.59. The van der Waals surface area contributed by atoms with Crippen LogP contribution in [0.2, 0.25) is 0 Å². The number of carbonyl (C=O) groups is 1. The van der Waals surface area contributed by atoms with Gasteiger partial charge in [0.15, 0.2) is 0 Å². The Kier molecular flexibility index (Phi) is 5.83. The monoisotopic (exact) mass is 278 g/mol. The van der Waals surface area contributed by atoms with E-state index in [1.165, 1.54) is 5.56 Å². The Morgan fingerprint density at radius 1 is 1.45 bits per heavy atom. The third-order valence-electron chi connectivity index (χ3n) is 3.22. The van der Waals surface area contributed by atoms with E-state index in [2.05, 4.69) is 16.7 Å². The Bertz CT molecular complexity index is 412. The first kappa shape index (κ1) is 14.8. The van der Waals surface area contributed by atoms with Gasteiger partial charge in [0.1, 0.15) is 11.9 Å². The maximum absolute atomic E-state index is 11.5. The van der Waals surface area contributed by atoms with Crippen molar-refractivity contribution in [2.75, 3.05) is 33.4 Å². The fourth-order valence-corrected chi connectivity index (χ4v) is 2.22. The molecule has 1 aromatic rings. The van der Waals surface area contributed by atoms with Crippen molar-refractivity contribution in [3.8, 4) is 5.75 Å². The summed E-state index contributed by atoms with van der Waals surface area (Å²) in [4.78, 5) is 11.5. The number of amides is 1. The second-order valence-corrected chi connectivity index (χ2v) is 4.88. The quantitative estimate of drug-likeness (QED) is 0.688. The maximum atomic E-state index is 11.5. The molecule has 5 nitrogen and oxygen atoms in total. The molecule has 2 N–H and O–H groups in total. The smallest absolute Gasteiger partial charge is 0.233 e. The molecule has 0 saturated carbocycles. The summed E-state index contributed by atoms with van der Waals surface area (Å²) in [6.07, 6.45) is 1.86. The number of rotatable bonds is 8. The van der Waals surface area contributed by atoms with Gasteiger partial charge in [-0.05, 0) is 18.1 Å². The number of para-hydroxylation sites is 1. The third kappa shape index (κ3) is 4.51. The molecule has 0 spiro atoms. The average Bonchev–Trinajstić information content (AvgIpc) is 2.86. The normalized spacial score (nSPS) is 16.6. The SMILES string of the molecule is COCCCNC(=O)CNCC1Cc2ccccc2O1. The summed E-state index contributed by atoms with van der Waals surface area (Å²) in [6.45, 7) is 2.32. The van der Waals surface area contributed by atoms with Gasteiger partial charge in [-0.1, -0.05) is 18.2 Å². The molecule has 1 amide bonds. The number of ether oxygens (including phenoxy) is 2. The molecule has 0 aliphatic carbocycles. The van der Waals surface area contributed by atoms with Gasteiger partial charge in [-0.25, -0.2) is 0 Å². The molecule has 2 rings (SSSR count). The molecule has 1 unspecified atom stereocenters. The number of benzene rings is 1. The van der Waals surface area contributed by atoms with Crippen LogP contribution < -0.4 is 15.4 Å². The van der Waals surface area contributed by atoms with Crippen LogP contribution in [0.15, 0.2) is 24.3 Å². The van der Waals surface area contributed by atoms with E-state index in [9.17, 15) is 4.79 Å². The summed E-state index contributed by atoms with van der Waals surface area (Å²) in [5.74, 6) is 0.972. The van der Waals surface area contributed by atoms with Crippen molar-refractivity contribution in [1.82, 2.24) is 10.6 Å². The zero-order valence-electron chi connectivity index (χ0n) is 11.9. The Balaban J connectivity index is 1.57. The Morgan fingerprint density at radius 3 is 3.10 bits per heavy atom. The molecule has 1 aliphatic rings. The van der Waals surface area contributed by atoms with Crippen LogP contribution in [0, 0.1) is 0 Å². The highest BCUT2D eigenvalue weighted by Crippen LogP contribution is 2.27. The van der Waals surface area contributed by atoms with Crippen molar-refractivity contribution in [2.24, 2.45) is 0 Å². The van der Waals surface area contributed by atoms with E-state index < -0.39 is 0 Å². The highest BCUT2D eigenvalue weighted by Gasteiger charge is 2.21. The lowest BCUT2D eigenvalue weighted by Gasteiger charge is -2.12. The van der Waals surface area contributed by atoms with Gasteiger partial charge in [-0.2, -0.15) is 0 Å². The van der Waals surface area contributed by atoms with Gasteiger partial charge < -0.3 is 20.1 Å². The zero-order valence-corrected chi connectivity index (χ0v) is 11.9. The molecule has 5 heteroatoms. The first-order valence-corrected chi connectivity index (χ1v) is 7.00. The maximum Gasteiger partial charge on any atom is 0.233 e. The number of methoxy groups -OCH3 is 1. The minimum Gasteiger partial charge on any atom is -0.488 e. The second-order valence-electron chi connectivity index (χ2n) is 4.88. The average molecular weight is 278 g/mol. The summed E-state index contributed by atoms with van der Waals surface area (Å²) in [7, 11) is 1.66.